The zero-order valence-electron chi connectivity index (χ0n) is 13.0. The molecule has 0 radical (unpaired) electrons. The molecule has 3 N–H and O–H groups in total. The van der Waals surface area contributed by atoms with Crippen LogP contribution in [0, 0.1) is 0 Å². The Hall–Kier alpha value is -2.88. The van der Waals surface area contributed by atoms with E-state index in [4.69, 9.17) is 4.42 Å². The summed E-state index contributed by atoms with van der Waals surface area (Å²) >= 11 is 0. The predicted molar refractivity (Wildman–Crippen MR) is 89.8 cm³/mol. The highest BCUT2D eigenvalue weighted by atomic mass is 16.3. The Balaban J connectivity index is 2.11. The Morgan fingerprint density at radius 2 is 1.83 bits per heavy atom. The first-order valence-corrected chi connectivity index (χ1v) is 7.36. The molecule has 3 aromatic rings. The van der Waals surface area contributed by atoms with Crippen LogP contribution >= 0.6 is 0 Å². The molecule has 0 saturated carbocycles. The van der Waals surface area contributed by atoms with Gasteiger partial charge in [0.15, 0.2) is 0 Å². The fourth-order valence-corrected chi connectivity index (χ4v) is 2.48. The number of benzene rings is 2. The van der Waals surface area contributed by atoms with E-state index in [1.165, 1.54) is 6.07 Å². The van der Waals surface area contributed by atoms with Crippen molar-refractivity contribution in [3.05, 3.63) is 53.6 Å². The van der Waals surface area contributed by atoms with Crippen molar-refractivity contribution >= 4 is 11.0 Å². The zero-order valence-corrected chi connectivity index (χ0v) is 13.0. The van der Waals surface area contributed by atoms with Crippen LogP contribution in [0.5, 0.6) is 17.2 Å². The van der Waals surface area contributed by atoms with Crippen LogP contribution in [0.2, 0.25) is 0 Å². The molecule has 0 bridgehead atoms. The molecule has 0 saturated heterocycles. The lowest BCUT2D eigenvalue weighted by atomic mass is 10.0. The summed E-state index contributed by atoms with van der Waals surface area (Å²) in [7, 11) is 0. The Kier molecular flexibility index (Phi) is 3.74. The van der Waals surface area contributed by atoms with Gasteiger partial charge in [-0.1, -0.05) is 11.6 Å². The van der Waals surface area contributed by atoms with Gasteiger partial charge in [-0.2, -0.15) is 0 Å². The van der Waals surface area contributed by atoms with Crippen LogP contribution in [-0.2, 0) is 6.42 Å². The fraction of sp³-hybridized carbons (Fsp3) is 0.158. The highest BCUT2D eigenvalue weighted by Crippen LogP contribution is 2.40. The Bertz CT molecular complexity index is 899. The smallest absolute Gasteiger partial charge is 0.139 e. The topological polar surface area (TPSA) is 73.8 Å². The number of phenolic OH excluding ortho intramolecular Hbond substituents is 3. The molecule has 1 heterocycles. The first-order chi connectivity index (χ1) is 11.0. The minimum Gasteiger partial charge on any atom is -0.508 e. The summed E-state index contributed by atoms with van der Waals surface area (Å²) in [4.78, 5) is 0. The molecule has 3 rings (SSSR count). The summed E-state index contributed by atoms with van der Waals surface area (Å²) < 4.78 is 5.72. The summed E-state index contributed by atoms with van der Waals surface area (Å²) in [5.41, 5.74) is 2.62. The van der Waals surface area contributed by atoms with Gasteiger partial charge in [-0.15, -0.1) is 0 Å². The summed E-state index contributed by atoms with van der Waals surface area (Å²) in [6.45, 7) is 3.92. The first kappa shape index (κ1) is 15.0. The van der Waals surface area contributed by atoms with Gasteiger partial charge in [-0.3, -0.25) is 0 Å². The van der Waals surface area contributed by atoms with E-state index in [0.29, 0.717) is 28.9 Å². The molecule has 0 amide bonds. The Labute approximate surface area is 133 Å². The minimum absolute atomic E-state index is 0.00535. The van der Waals surface area contributed by atoms with E-state index in [-0.39, 0.29) is 17.2 Å². The average molecular weight is 310 g/mol. The number of rotatable bonds is 3. The molecule has 1 aromatic heterocycles. The number of hydrogen-bond donors (Lipinski definition) is 3. The molecule has 4 heteroatoms. The molecule has 0 spiro atoms. The molecule has 0 aliphatic carbocycles. The second-order valence-electron chi connectivity index (χ2n) is 5.78. The molecule has 118 valence electrons. The monoisotopic (exact) mass is 310 g/mol. The van der Waals surface area contributed by atoms with Gasteiger partial charge < -0.3 is 19.7 Å². The third-order valence-corrected chi connectivity index (χ3v) is 3.74. The van der Waals surface area contributed by atoms with Crippen molar-refractivity contribution in [2.24, 2.45) is 0 Å². The molecule has 2 aromatic carbocycles. The van der Waals surface area contributed by atoms with Gasteiger partial charge in [0.25, 0.3) is 0 Å². The number of furan rings is 1. The van der Waals surface area contributed by atoms with Crippen LogP contribution in [0.1, 0.15) is 19.4 Å². The second kappa shape index (κ2) is 5.72. The third-order valence-electron chi connectivity index (χ3n) is 3.74. The SMILES string of the molecule is CC(C)=CCc1c(O)ccc(-c2cc3ccc(O)cc3o2)c1O. The maximum absolute atomic E-state index is 10.5. The van der Waals surface area contributed by atoms with Crippen molar-refractivity contribution < 1.29 is 19.7 Å². The lowest BCUT2D eigenvalue weighted by molar-refractivity contribution is 0.441. The van der Waals surface area contributed by atoms with Crippen molar-refractivity contribution in [3.8, 4) is 28.6 Å². The highest BCUT2D eigenvalue weighted by molar-refractivity contribution is 5.85. The lowest BCUT2D eigenvalue weighted by Gasteiger charge is -2.09. The molecule has 0 fully saturated rings. The van der Waals surface area contributed by atoms with Crippen LogP contribution in [0.15, 0.2) is 52.5 Å². The highest BCUT2D eigenvalue weighted by Gasteiger charge is 2.16. The Morgan fingerprint density at radius 1 is 1.04 bits per heavy atom. The third kappa shape index (κ3) is 2.88. The summed E-state index contributed by atoms with van der Waals surface area (Å²) in [6.07, 6.45) is 2.38. The zero-order chi connectivity index (χ0) is 16.6. The second-order valence-corrected chi connectivity index (χ2v) is 5.78. The number of hydrogen-bond acceptors (Lipinski definition) is 4. The van der Waals surface area contributed by atoms with Crippen molar-refractivity contribution in [2.45, 2.75) is 20.3 Å². The fourth-order valence-electron chi connectivity index (χ4n) is 2.48. The molecule has 0 aliphatic rings. The molecular weight excluding hydrogens is 292 g/mol. The average Bonchev–Trinajstić information content (AvgIpc) is 2.89. The van der Waals surface area contributed by atoms with E-state index in [2.05, 4.69) is 0 Å². The first-order valence-electron chi connectivity index (χ1n) is 7.36. The standard InChI is InChI=1S/C19H18O4/c1-11(2)3-6-14-16(21)8-7-15(19(14)22)18-9-12-4-5-13(20)10-17(12)23-18/h3-5,7-10,20-22H,6H2,1-2H3. The van der Waals surface area contributed by atoms with Gasteiger partial charge in [0.2, 0.25) is 0 Å². The van der Waals surface area contributed by atoms with E-state index in [1.807, 2.05) is 19.9 Å². The van der Waals surface area contributed by atoms with Crippen LogP contribution < -0.4 is 0 Å². The Morgan fingerprint density at radius 3 is 2.57 bits per heavy atom. The molecule has 0 aliphatic heterocycles. The molecule has 4 nitrogen and oxygen atoms in total. The number of aromatic hydroxyl groups is 3. The van der Waals surface area contributed by atoms with E-state index >= 15 is 0 Å². The summed E-state index contributed by atoms with van der Waals surface area (Å²) in [5, 5.41) is 30.9. The van der Waals surface area contributed by atoms with Crippen molar-refractivity contribution in [1.29, 1.82) is 0 Å². The van der Waals surface area contributed by atoms with Crippen molar-refractivity contribution in [3.63, 3.8) is 0 Å². The summed E-state index contributed by atoms with van der Waals surface area (Å²) in [5.74, 6) is 0.669. The number of phenols is 3. The maximum Gasteiger partial charge on any atom is 0.139 e. The van der Waals surface area contributed by atoms with Crippen molar-refractivity contribution in [1.82, 2.24) is 0 Å². The number of allylic oxidation sites excluding steroid dienone is 2. The predicted octanol–water partition coefficient (Wildman–Crippen LogP) is 4.73. The van der Waals surface area contributed by atoms with Gasteiger partial charge in [0.1, 0.15) is 28.6 Å². The molecule has 0 atom stereocenters. The van der Waals surface area contributed by atoms with E-state index < -0.39 is 0 Å². The van der Waals surface area contributed by atoms with Gasteiger partial charge in [0.05, 0.1) is 5.56 Å². The lowest BCUT2D eigenvalue weighted by Crippen LogP contribution is -1.88. The molecule has 23 heavy (non-hydrogen) atoms. The van der Waals surface area contributed by atoms with Gasteiger partial charge >= 0.3 is 0 Å². The van der Waals surface area contributed by atoms with Crippen LogP contribution in [-0.4, -0.2) is 15.3 Å². The van der Waals surface area contributed by atoms with E-state index in [1.54, 1.807) is 30.3 Å². The van der Waals surface area contributed by atoms with E-state index in [0.717, 1.165) is 11.0 Å². The van der Waals surface area contributed by atoms with Gasteiger partial charge in [0, 0.05) is 17.0 Å². The minimum atomic E-state index is 0.00535. The quantitative estimate of drug-likeness (QED) is 0.612. The largest absolute Gasteiger partial charge is 0.508 e. The van der Waals surface area contributed by atoms with Crippen LogP contribution in [0.25, 0.3) is 22.3 Å². The van der Waals surface area contributed by atoms with Crippen LogP contribution in [0.4, 0.5) is 0 Å². The summed E-state index contributed by atoms with van der Waals surface area (Å²) in [6, 6.07) is 9.83. The van der Waals surface area contributed by atoms with E-state index in [9.17, 15) is 15.3 Å². The maximum atomic E-state index is 10.5. The van der Waals surface area contributed by atoms with Crippen molar-refractivity contribution in [2.75, 3.05) is 0 Å². The molecular formula is C19H18O4. The normalized spacial score (nSPS) is 10.9. The van der Waals surface area contributed by atoms with Gasteiger partial charge in [-0.05, 0) is 50.6 Å². The molecule has 0 unspecified atom stereocenters. The number of fused-ring (bicyclic) bond motifs is 1. The van der Waals surface area contributed by atoms with Crippen LogP contribution in [0.3, 0.4) is 0 Å². The van der Waals surface area contributed by atoms with Gasteiger partial charge in [-0.25, -0.2) is 0 Å².